The lowest BCUT2D eigenvalue weighted by atomic mass is 10.3. The van der Waals surface area contributed by atoms with E-state index in [-0.39, 0.29) is 16.5 Å². The minimum atomic E-state index is -0.556. The Morgan fingerprint density at radius 2 is 2.11 bits per heavy atom. The molecule has 4 nitrogen and oxygen atoms in total. The SMILES string of the molecule is Nc1ccc(Cl)c(C(=O)Nc2ccc(Br)c(F)c2)n1. The van der Waals surface area contributed by atoms with Gasteiger partial charge in [0.05, 0.1) is 9.50 Å². The second-order valence-electron chi connectivity index (χ2n) is 3.65. The van der Waals surface area contributed by atoms with E-state index in [2.05, 4.69) is 26.2 Å². The maximum Gasteiger partial charge on any atom is 0.275 e. The van der Waals surface area contributed by atoms with Crippen LogP contribution in [-0.4, -0.2) is 10.9 Å². The number of nitrogens with zero attached hydrogens (tertiary/aromatic N) is 1. The standard InChI is InChI=1S/C12H8BrClFN3O/c13-7-2-1-6(5-9(7)15)17-12(19)11-8(14)3-4-10(16)18-11/h1-5H,(H2,16,18)(H,17,19). The third-order valence-electron chi connectivity index (χ3n) is 2.26. The van der Waals surface area contributed by atoms with Gasteiger partial charge in [0.2, 0.25) is 0 Å². The smallest absolute Gasteiger partial charge is 0.275 e. The number of nitrogens with two attached hydrogens (primary N) is 1. The number of anilines is 2. The average Bonchev–Trinajstić information content (AvgIpc) is 2.36. The predicted octanol–water partition coefficient (Wildman–Crippen LogP) is 3.47. The third-order valence-corrected chi connectivity index (χ3v) is 3.21. The number of hydrogen-bond donors (Lipinski definition) is 2. The number of amides is 1. The van der Waals surface area contributed by atoms with Gasteiger partial charge in [-0.2, -0.15) is 0 Å². The van der Waals surface area contributed by atoms with Gasteiger partial charge in [0.25, 0.3) is 5.91 Å². The zero-order valence-corrected chi connectivity index (χ0v) is 11.8. The second-order valence-corrected chi connectivity index (χ2v) is 4.91. The van der Waals surface area contributed by atoms with E-state index < -0.39 is 11.7 Å². The van der Waals surface area contributed by atoms with Crippen molar-refractivity contribution in [2.24, 2.45) is 0 Å². The van der Waals surface area contributed by atoms with Gasteiger partial charge in [0.1, 0.15) is 17.3 Å². The van der Waals surface area contributed by atoms with Gasteiger partial charge in [-0.3, -0.25) is 4.79 Å². The van der Waals surface area contributed by atoms with Crippen LogP contribution in [-0.2, 0) is 0 Å². The van der Waals surface area contributed by atoms with Crippen molar-refractivity contribution in [3.8, 4) is 0 Å². The van der Waals surface area contributed by atoms with Gasteiger partial charge >= 0.3 is 0 Å². The van der Waals surface area contributed by atoms with Crippen LogP contribution in [0.15, 0.2) is 34.8 Å². The minimum Gasteiger partial charge on any atom is -0.384 e. The Labute approximate surface area is 121 Å². The number of hydrogen-bond acceptors (Lipinski definition) is 3. The Morgan fingerprint density at radius 1 is 1.37 bits per heavy atom. The van der Waals surface area contributed by atoms with Gasteiger partial charge in [-0.15, -0.1) is 0 Å². The number of halogens is 3. The Morgan fingerprint density at radius 3 is 2.79 bits per heavy atom. The molecule has 1 aromatic carbocycles. The number of carbonyl (C=O) groups is 1. The Hall–Kier alpha value is -1.66. The molecule has 0 unspecified atom stereocenters. The molecule has 0 aliphatic heterocycles. The summed E-state index contributed by atoms with van der Waals surface area (Å²) in [6.07, 6.45) is 0. The molecule has 3 N–H and O–H groups in total. The molecule has 0 bridgehead atoms. The highest BCUT2D eigenvalue weighted by molar-refractivity contribution is 9.10. The van der Waals surface area contributed by atoms with Gasteiger partial charge in [0.15, 0.2) is 0 Å². The number of benzene rings is 1. The first-order chi connectivity index (χ1) is 8.97. The maximum atomic E-state index is 13.3. The molecule has 0 saturated heterocycles. The van der Waals surface area contributed by atoms with Crippen LogP contribution >= 0.6 is 27.5 Å². The highest BCUT2D eigenvalue weighted by atomic mass is 79.9. The van der Waals surface area contributed by atoms with Gasteiger partial charge < -0.3 is 11.1 Å². The van der Waals surface area contributed by atoms with E-state index in [0.29, 0.717) is 10.2 Å². The number of carbonyl (C=O) groups excluding carboxylic acids is 1. The molecule has 1 aromatic heterocycles. The zero-order valence-electron chi connectivity index (χ0n) is 9.45. The first-order valence-electron chi connectivity index (χ1n) is 5.16. The van der Waals surface area contributed by atoms with Gasteiger partial charge in [-0.25, -0.2) is 9.37 Å². The van der Waals surface area contributed by atoms with Crippen LogP contribution in [0.1, 0.15) is 10.5 Å². The summed E-state index contributed by atoms with van der Waals surface area (Å²) < 4.78 is 13.6. The molecule has 1 amide bonds. The van der Waals surface area contributed by atoms with Gasteiger partial charge in [-0.1, -0.05) is 11.6 Å². The molecule has 1 heterocycles. The lowest BCUT2D eigenvalue weighted by molar-refractivity contribution is 0.102. The van der Waals surface area contributed by atoms with Crippen LogP contribution in [0.25, 0.3) is 0 Å². The number of aromatic nitrogens is 1. The zero-order chi connectivity index (χ0) is 14.0. The molecule has 0 spiro atoms. The molecule has 0 radical (unpaired) electrons. The van der Waals surface area contributed by atoms with Crippen molar-refractivity contribution in [3.63, 3.8) is 0 Å². The molecular formula is C12H8BrClFN3O. The molecule has 0 saturated carbocycles. The quantitative estimate of drug-likeness (QED) is 0.876. The Bertz CT molecular complexity index is 651. The molecule has 19 heavy (non-hydrogen) atoms. The molecule has 2 aromatic rings. The molecular weight excluding hydrogens is 337 g/mol. The molecule has 0 atom stereocenters. The highest BCUT2D eigenvalue weighted by Gasteiger charge is 2.13. The van der Waals surface area contributed by atoms with Crippen molar-refractivity contribution < 1.29 is 9.18 Å². The minimum absolute atomic E-state index is 0.00927. The van der Waals surface area contributed by atoms with Gasteiger partial charge in [-0.05, 0) is 46.3 Å². The summed E-state index contributed by atoms with van der Waals surface area (Å²) in [4.78, 5) is 15.8. The molecule has 7 heteroatoms. The Kier molecular flexibility index (Phi) is 4.01. The highest BCUT2D eigenvalue weighted by Crippen LogP contribution is 2.21. The summed E-state index contributed by atoms with van der Waals surface area (Å²) in [7, 11) is 0. The van der Waals surface area contributed by atoms with E-state index in [4.69, 9.17) is 17.3 Å². The fraction of sp³-hybridized carbons (Fsp3) is 0. The maximum absolute atomic E-state index is 13.3. The van der Waals surface area contributed by atoms with E-state index in [1.807, 2.05) is 0 Å². The van der Waals surface area contributed by atoms with Crippen molar-refractivity contribution in [3.05, 3.63) is 51.3 Å². The van der Waals surface area contributed by atoms with E-state index in [9.17, 15) is 9.18 Å². The summed E-state index contributed by atoms with van der Waals surface area (Å²) in [5, 5.41) is 2.66. The van der Waals surface area contributed by atoms with Crippen molar-refractivity contribution in [1.82, 2.24) is 4.98 Å². The van der Waals surface area contributed by atoms with Crippen LogP contribution in [0.2, 0.25) is 5.02 Å². The first-order valence-corrected chi connectivity index (χ1v) is 6.33. The fourth-order valence-corrected chi connectivity index (χ4v) is 1.82. The van der Waals surface area contributed by atoms with E-state index >= 15 is 0 Å². The topological polar surface area (TPSA) is 68.0 Å². The Balaban J connectivity index is 2.25. The lowest BCUT2D eigenvalue weighted by Gasteiger charge is -2.07. The summed E-state index contributed by atoms with van der Waals surface area (Å²) in [5.41, 5.74) is 5.77. The summed E-state index contributed by atoms with van der Waals surface area (Å²) >= 11 is 8.88. The van der Waals surface area contributed by atoms with Crippen LogP contribution in [0, 0.1) is 5.82 Å². The van der Waals surface area contributed by atoms with Gasteiger partial charge in [0, 0.05) is 5.69 Å². The van der Waals surface area contributed by atoms with E-state index in [1.54, 1.807) is 6.07 Å². The predicted molar refractivity (Wildman–Crippen MR) is 75.7 cm³/mol. The second kappa shape index (κ2) is 5.54. The molecule has 0 aliphatic carbocycles. The van der Waals surface area contributed by atoms with Crippen molar-refractivity contribution >= 4 is 44.9 Å². The van der Waals surface area contributed by atoms with E-state index in [1.165, 1.54) is 24.3 Å². The van der Waals surface area contributed by atoms with Crippen LogP contribution in [0.4, 0.5) is 15.9 Å². The molecule has 98 valence electrons. The summed E-state index contributed by atoms with van der Waals surface area (Å²) in [5.74, 6) is -0.861. The summed E-state index contributed by atoms with van der Waals surface area (Å²) in [6, 6.07) is 7.17. The van der Waals surface area contributed by atoms with Crippen molar-refractivity contribution in [2.75, 3.05) is 11.1 Å². The van der Waals surface area contributed by atoms with Crippen LogP contribution in [0.3, 0.4) is 0 Å². The average molecular weight is 345 g/mol. The number of nitrogen functional groups attached to an aromatic ring is 1. The molecule has 0 aliphatic rings. The lowest BCUT2D eigenvalue weighted by Crippen LogP contribution is -2.15. The van der Waals surface area contributed by atoms with Crippen molar-refractivity contribution in [2.45, 2.75) is 0 Å². The summed E-state index contributed by atoms with van der Waals surface area (Å²) in [6.45, 7) is 0. The largest absolute Gasteiger partial charge is 0.384 e. The number of pyridine rings is 1. The van der Waals surface area contributed by atoms with Crippen LogP contribution in [0.5, 0.6) is 0 Å². The molecule has 0 fully saturated rings. The third kappa shape index (κ3) is 3.21. The number of rotatable bonds is 2. The fourth-order valence-electron chi connectivity index (χ4n) is 1.38. The number of nitrogens with one attached hydrogen (secondary N) is 1. The van der Waals surface area contributed by atoms with Crippen LogP contribution < -0.4 is 11.1 Å². The molecule has 2 rings (SSSR count). The van der Waals surface area contributed by atoms with Crippen molar-refractivity contribution in [1.29, 1.82) is 0 Å². The monoisotopic (exact) mass is 343 g/mol. The van der Waals surface area contributed by atoms with E-state index in [0.717, 1.165) is 0 Å². The first kappa shape index (κ1) is 13.8. The normalized spacial score (nSPS) is 10.3.